The molecule has 3 heterocycles. The maximum atomic E-state index is 12.4. The number of urea groups is 1. The van der Waals surface area contributed by atoms with Gasteiger partial charge in [-0.3, -0.25) is 14.5 Å². The number of carbonyl (C=O) groups is 3. The SMILES string of the molecule is CC1(C)NC(=O)N(CC(=O)N2CCC3(CCNC3)CC2)C1=O.Cl. The van der Waals surface area contributed by atoms with Crippen molar-refractivity contribution in [2.75, 3.05) is 32.7 Å². The lowest BCUT2D eigenvalue weighted by atomic mass is 9.78. The fraction of sp³-hybridized carbons (Fsp3) is 0.800. The van der Waals surface area contributed by atoms with Gasteiger partial charge in [0.25, 0.3) is 5.91 Å². The van der Waals surface area contributed by atoms with Crippen LogP contribution in [0.15, 0.2) is 0 Å². The van der Waals surface area contributed by atoms with E-state index in [9.17, 15) is 14.4 Å². The summed E-state index contributed by atoms with van der Waals surface area (Å²) in [6.07, 6.45) is 3.17. The summed E-state index contributed by atoms with van der Waals surface area (Å²) in [6.45, 7) is 6.67. The van der Waals surface area contributed by atoms with E-state index >= 15 is 0 Å². The fourth-order valence-corrected chi connectivity index (χ4v) is 3.65. The van der Waals surface area contributed by atoms with Crippen molar-refractivity contribution in [3.8, 4) is 0 Å². The molecule has 4 amide bonds. The number of nitrogens with one attached hydrogen (secondary N) is 2. The van der Waals surface area contributed by atoms with E-state index < -0.39 is 11.6 Å². The molecular formula is C15H25ClN4O3. The standard InChI is InChI=1S/C15H24N4O3.ClH/c1-14(2)12(21)19(13(22)17-14)9-11(20)18-7-4-15(5-8-18)3-6-16-10-15;/h16H,3-10H2,1-2H3,(H,17,22);1H. The molecule has 0 aliphatic carbocycles. The van der Waals surface area contributed by atoms with E-state index in [1.807, 2.05) is 0 Å². The second-order valence-corrected chi connectivity index (χ2v) is 7.25. The molecule has 3 fully saturated rings. The highest BCUT2D eigenvalue weighted by Crippen LogP contribution is 2.36. The van der Waals surface area contributed by atoms with Crippen LogP contribution in [0.2, 0.25) is 0 Å². The van der Waals surface area contributed by atoms with Gasteiger partial charge in [-0.05, 0) is 45.1 Å². The molecule has 3 saturated heterocycles. The molecule has 0 radical (unpaired) electrons. The summed E-state index contributed by atoms with van der Waals surface area (Å²) < 4.78 is 0. The summed E-state index contributed by atoms with van der Waals surface area (Å²) in [5.74, 6) is -0.471. The lowest BCUT2D eigenvalue weighted by Gasteiger charge is -2.39. The number of halogens is 1. The monoisotopic (exact) mass is 344 g/mol. The van der Waals surface area contributed by atoms with Crippen LogP contribution in [-0.2, 0) is 9.59 Å². The smallest absolute Gasteiger partial charge is 0.325 e. The number of nitrogens with zero attached hydrogens (tertiary/aromatic N) is 2. The summed E-state index contributed by atoms with van der Waals surface area (Å²) in [6, 6.07) is -0.475. The first-order valence-corrected chi connectivity index (χ1v) is 7.96. The Morgan fingerprint density at radius 2 is 1.83 bits per heavy atom. The Hall–Kier alpha value is -1.34. The van der Waals surface area contributed by atoms with Crippen molar-refractivity contribution in [3.63, 3.8) is 0 Å². The molecule has 0 saturated carbocycles. The maximum absolute atomic E-state index is 12.4. The average Bonchev–Trinajstić information content (AvgIpc) is 2.98. The molecule has 0 aromatic rings. The van der Waals surface area contributed by atoms with Gasteiger partial charge in [0.1, 0.15) is 12.1 Å². The first-order chi connectivity index (χ1) is 10.3. The minimum absolute atomic E-state index is 0. The number of carbonyl (C=O) groups excluding carboxylic acids is 3. The second-order valence-electron chi connectivity index (χ2n) is 7.25. The largest absolute Gasteiger partial charge is 0.341 e. The Morgan fingerprint density at radius 1 is 1.17 bits per heavy atom. The number of hydrogen-bond acceptors (Lipinski definition) is 4. The lowest BCUT2D eigenvalue weighted by Crippen LogP contribution is -2.49. The van der Waals surface area contributed by atoms with Crippen LogP contribution in [0, 0.1) is 5.41 Å². The highest BCUT2D eigenvalue weighted by molar-refractivity contribution is 6.08. The molecule has 3 rings (SSSR count). The minimum Gasteiger partial charge on any atom is -0.341 e. The van der Waals surface area contributed by atoms with Crippen LogP contribution in [0.4, 0.5) is 4.79 Å². The van der Waals surface area contributed by atoms with Gasteiger partial charge in [-0.25, -0.2) is 4.79 Å². The van der Waals surface area contributed by atoms with Crippen molar-refractivity contribution in [1.29, 1.82) is 0 Å². The Balaban J connectivity index is 0.00000192. The van der Waals surface area contributed by atoms with Gasteiger partial charge in [0, 0.05) is 19.6 Å². The molecular weight excluding hydrogens is 320 g/mol. The van der Waals surface area contributed by atoms with Crippen molar-refractivity contribution in [2.45, 2.75) is 38.6 Å². The Morgan fingerprint density at radius 3 is 2.30 bits per heavy atom. The average molecular weight is 345 g/mol. The Labute approximate surface area is 142 Å². The molecule has 2 N–H and O–H groups in total. The topological polar surface area (TPSA) is 81.8 Å². The molecule has 130 valence electrons. The minimum atomic E-state index is -0.918. The van der Waals surface area contributed by atoms with E-state index in [0.717, 1.165) is 30.8 Å². The van der Waals surface area contributed by atoms with Crippen LogP contribution in [0.3, 0.4) is 0 Å². The Kier molecular flexibility index (Phi) is 4.92. The molecule has 1 spiro atoms. The first kappa shape index (κ1) is 18.0. The predicted octanol–water partition coefficient (Wildman–Crippen LogP) is 0.341. The zero-order valence-electron chi connectivity index (χ0n) is 13.7. The number of hydrogen-bond donors (Lipinski definition) is 2. The van der Waals surface area contributed by atoms with Gasteiger partial charge in [0.2, 0.25) is 5.91 Å². The summed E-state index contributed by atoms with van der Waals surface area (Å²) in [7, 11) is 0. The van der Waals surface area contributed by atoms with Gasteiger partial charge >= 0.3 is 6.03 Å². The van der Waals surface area contributed by atoms with Gasteiger partial charge in [0.05, 0.1) is 0 Å². The predicted molar refractivity (Wildman–Crippen MR) is 87.3 cm³/mol. The quantitative estimate of drug-likeness (QED) is 0.708. The zero-order chi connectivity index (χ0) is 16.0. The second kappa shape index (κ2) is 6.28. The molecule has 0 aromatic heterocycles. The highest BCUT2D eigenvalue weighted by Gasteiger charge is 2.46. The summed E-state index contributed by atoms with van der Waals surface area (Å²) >= 11 is 0. The van der Waals surface area contributed by atoms with Gasteiger partial charge in [-0.15, -0.1) is 12.4 Å². The third-order valence-electron chi connectivity index (χ3n) is 5.25. The van der Waals surface area contributed by atoms with Crippen LogP contribution < -0.4 is 10.6 Å². The lowest BCUT2D eigenvalue weighted by molar-refractivity contribution is -0.139. The number of piperidine rings is 1. The molecule has 7 nitrogen and oxygen atoms in total. The zero-order valence-corrected chi connectivity index (χ0v) is 14.5. The van der Waals surface area contributed by atoms with E-state index in [1.54, 1.807) is 18.7 Å². The molecule has 0 unspecified atom stereocenters. The highest BCUT2D eigenvalue weighted by atomic mass is 35.5. The summed E-state index contributed by atoms with van der Waals surface area (Å²) in [5, 5.41) is 6.00. The normalized spacial score (nSPS) is 25.5. The van der Waals surface area contributed by atoms with Crippen LogP contribution in [-0.4, -0.2) is 65.9 Å². The number of amides is 4. The molecule has 8 heteroatoms. The molecule has 23 heavy (non-hydrogen) atoms. The molecule has 0 aromatic carbocycles. The summed E-state index contributed by atoms with van der Waals surface area (Å²) in [4.78, 5) is 39.2. The number of likely N-dealkylation sites (tertiary alicyclic amines) is 1. The first-order valence-electron chi connectivity index (χ1n) is 7.96. The van der Waals surface area contributed by atoms with Crippen molar-refractivity contribution in [2.24, 2.45) is 5.41 Å². The molecule has 0 bridgehead atoms. The van der Waals surface area contributed by atoms with E-state index in [4.69, 9.17) is 0 Å². The van der Waals surface area contributed by atoms with Crippen molar-refractivity contribution < 1.29 is 14.4 Å². The maximum Gasteiger partial charge on any atom is 0.325 e. The van der Waals surface area contributed by atoms with Crippen molar-refractivity contribution in [3.05, 3.63) is 0 Å². The summed E-state index contributed by atoms with van der Waals surface area (Å²) in [5.41, 5.74) is -0.571. The van der Waals surface area contributed by atoms with Gasteiger partial charge < -0.3 is 15.5 Å². The van der Waals surface area contributed by atoms with E-state index in [2.05, 4.69) is 10.6 Å². The van der Waals surface area contributed by atoms with E-state index in [0.29, 0.717) is 18.5 Å². The van der Waals surface area contributed by atoms with E-state index in [-0.39, 0.29) is 30.8 Å². The number of rotatable bonds is 2. The van der Waals surface area contributed by atoms with Crippen LogP contribution in [0.25, 0.3) is 0 Å². The van der Waals surface area contributed by atoms with Gasteiger partial charge in [-0.2, -0.15) is 0 Å². The van der Waals surface area contributed by atoms with Crippen LogP contribution >= 0.6 is 12.4 Å². The Bertz CT molecular complexity index is 507. The third kappa shape index (κ3) is 3.30. The van der Waals surface area contributed by atoms with Gasteiger partial charge in [0.15, 0.2) is 0 Å². The van der Waals surface area contributed by atoms with Gasteiger partial charge in [-0.1, -0.05) is 0 Å². The number of imide groups is 1. The molecule has 3 aliphatic heterocycles. The molecule has 0 atom stereocenters. The third-order valence-corrected chi connectivity index (χ3v) is 5.25. The van der Waals surface area contributed by atoms with Crippen molar-refractivity contribution in [1.82, 2.24) is 20.4 Å². The van der Waals surface area contributed by atoms with Crippen LogP contribution in [0.1, 0.15) is 33.1 Å². The van der Waals surface area contributed by atoms with E-state index in [1.165, 1.54) is 6.42 Å². The van der Waals surface area contributed by atoms with Crippen LogP contribution in [0.5, 0.6) is 0 Å². The fourth-order valence-electron chi connectivity index (χ4n) is 3.65. The van der Waals surface area contributed by atoms with Crippen molar-refractivity contribution >= 4 is 30.3 Å². The molecule has 3 aliphatic rings.